The summed E-state index contributed by atoms with van der Waals surface area (Å²) < 4.78 is 85.4. The third-order valence-electron chi connectivity index (χ3n) is 4.50. The average Bonchev–Trinajstić information content (AvgIpc) is 3.39. The Bertz CT molecular complexity index is 1560. The number of benzene rings is 1. The minimum Gasteiger partial charge on any atom is -0.489 e. The largest absolute Gasteiger partial charge is 0.489 e. The Kier molecular flexibility index (Phi) is 7.11. The second-order valence-corrected chi connectivity index (χ2v) is 9.53. The Morgan fingerprint density at radius 1 is 1.11 bits per heavy atom. The molecule has 10 nitrogen and oxygen atoms in total. The zero-order chi connectivity index (χ0) is 26.4. The Balaban J connectivity index is 1.59. The Morgan fingerprint density at radius 2 is 1.83 bits per heavy atom. The van der Waals surface area contributed by atoms with E-state index in [4.69, 9.17) is 48.6 Å². The first-order valence-electron chi connectivity index (χ1n) is 9.58. The summed E-state index contributed by atoms with van der Waals surface area (Å²) in [5.41, 5.74) is -0.621. The molecule has 4 rings (SSSR count). The van der Waals surface area contributed by atoms with Gasteiger partial charge in [0.25, 0.3) is 5.89 Å². The molecule has 36 heavy (non-hydrogen) atoms. The van der Waals surface area contributed by atoms with Crippen LogP contribution in [-0.4, -0.2) is 45.2 Å². The number of nitrogens with zero attached hydrogens (tertiary/aromatic N) is 4. The first-order chi connectivity index (χ1) is 16.7. The van der Waals surface area contributed by atoms with Gasteiger partial charge in [-0.3, -0.25) is 4.55 Å². The number of fused-ring (bicyclic) bond motifs is 1. The fraction of sp³-hybridized carbons (Fsp3) is 0.211. The van der Waals surface area contributed by atoms with Crippen LogP contribution in [0.2, 0.25) is 15.1 Å². The molecule has 192 valence electrons. The van der Waals surface area contributed by atoms with Crippen LogP contribution in [0.4, 0.5) is 13.2 Å². The molecule has 17 heteroatoms. The standard InChI is InChI=1S/C19H12Cl3F3N4O6S/c1-8(35-36(30,31)32)7-33-15-4-11(20)10(3-12(15)21)16-27-18(34-28-16)14-6-29-5-9(19(23,24)25)2-13(22)17(29)26-14/h2-6,8H,7H2,1H3,(H,30,31,32). The number of hydrogen-bond acceptors (Lipinski definition) is 8. The molecule has 3 aromatic heterocycles. The molecule has 3 heterocycles. The van der Waals surface area contributed by atoms with Crippen molar-refractivity contribution in [1.82, 2.24) is 19.5 Å². The zero-order valence-electron chi connectivity index (χ0n) is 17.6. The van der Waals surface area contributed by atoms with E-state index in [1.54, 1.807) is 0 Å². The number of pyridine rings is 1. The molecule has 0 aliphatic rings. The monoisotopic (exact) mass is 586 g/mol. The lowest BCUT2D eigenvalue weighted by atomic mass is 10.2. The van der Waals surface area contributed by atoms with Crippen molar-refractivity contribution in [3.63, 3.8) is 0 Å². The van der Waals surface area contributed by atoms with E-state index in [1.165, 1.54) is 25.3 Å². The SMILES string of the molecule is CC(COc1cc(Cl)c(-c2noc(-c3cn4cc(C(F)(F)F)cc(Cl)c4n3)n2)cc1Cl)OS(=O)(=O)O. The number of aromatic nitrogens is 4. The molecule has 1 N–H and O–H groups in total. The molecular formula is C19H12Cl3F3N4O6S. The van der Waals surface area contributed by atoms with Crippen molar-refractivity contribution in [2.75, 3.05) is 6.61 Å². The zero-order valence-corrected chi connectivity index (χ0v) is 20.7. The van der Waals surface area contributed by atoms with E-state index in [9.17, 15) is 21.6 Å². The van der Waals surface area contributed by atoms with Crippen molar-refractivity contribution in [1.29, 1.82) is 0 Å². The third kappa shape index (κ3) is 5.85. The molecule has 1 aromatic carbocycles. The van der Waals surface area contributed by atoms with Gasteiger partial charge in [0.15, 0.2) is 5.65 Å². The Morgan fingerprint density at radius 3 is 2.50 bits per heavy atom. The second kappa shape index (κ2) is 9.68. The number of ether oxygens (including phenoxy) is 1. The molecule has 0 bridgehead atoms. The number of rotatable bonds is 7. The van der Waals surface area contributed by atoms with Crippen molar-refractivity contribution >= 4 is 50.8 Å². The van der Waals surface area contributed by atoms with E-state index in [2.05, 4.69) is 19.3 Å². The highest BCUT2D eigenvalue weighted by atomic mass is 35.5. The Hall–Kier alpha value is -2.62. The molecule has 0 spiro atoms. The smallest absolute Gasteiger partial charge is 0.417 e. The van der Waals surface area contributed by atoms with Gasteiger partial charge >= 0.3 is 16.6 Å². The van der Waals surface area contributed by atoms with Gasteiger partial charge < -0.3 is 13.7 Å². The van der Waals surface area contributed by atoms with Crippen LogP contribution in [0.3, 0.4) is 0 Å². The van der Waals surface area contributed by atoms with Gasteiger partial charge in [-0.1, -0.05) is 40.0 Å². The van der Waals surface area contributed by atoms with Gasteiger partial charge in [-0.05, 0) is 19.1 Å². The van der Waals surface area contributed by atoms with Gasteiger partial charge in [0.05, 0.1) is 20.6 Å². The lowest BCUT2D eigenvalue weighted by Gasteiger charge is -2.13. The average molecular weight is 588 g/mol. The van der Waals surface area contributed by atoms with Crippen molar-refractivity contribution < 1.29 is 39.6 Å². The van der Waals surface area contributed by atoms with E-state index < -0.39 is 28.2 Å². The van der Waals surface area contributed by atoms with Crippen molar-refractivity contribution in [2.24, 2.45) is 0 Å². The topological polar surface area (TPSA) is 129 Å². The van der Waals surface area contributed by atoms with Crippen molar-refractivity contribution in [2.45, 2.75) is 19.2 Å². The number of hydrogen-bond donors (Lipinski definition) is 1. The van der Waals surface area contributed by atoms with E-state index in [-0.39, 0.29) is 56.0 Å². The van der Waals surface area contributed by atoms with Gasteiger partial charge in [0.1, 0.15) is 24.2 Å². The summed E-state index contributed by atoms with van der Waals surface area (Å²) in [7, 11) is -4.66. The van der Waals surface area contributed by atoms with E-state index >= 15 is 0 Å². The summed E-state index contributed by atoms with van der Waals surface area (Å²) in [5, 5.41) is 3.72. The maximum absolute atomic E-state index is 13.1. The van der Waals surface area contributed by atoms with E-state index in [1.807, 2.05) is 0 Å². The summed E-state index contributed by atoms with van der Waals surface area (Å²) in [6, 6.07) is 3.44. The molecular weight excluding hydrogens is 576 g/mol. The van der Waals surface area contributed by atoms with Crippen LogP contribution < -0.4 is 4.74 Å². The van der Waals surface area contributed by atoms with Gasteiger partial charge in [0.2, 0.25) is 5.82 Å². The normalized spacial score (nSPS) is 13.3. The van der Waals surface area contributed by atoms with Gasteiger partial charge in [-0.2, -0.15) is 26.6 Å². The molecule has 0 aliphatic carbocycles. The van der Waals surface area contributed by atoms with E-state index in [0.717, 1.165) is 16.7 Å². The molecule has 0 aliphatic heterocycles. The summed E-state index contributed by atoms with van der Waals surface area (Å²) in [6.07, 6.45) is -3.56. The molecule has 0 fully saturated rings. The highest BCUT2D eigenvalue weighted by Gasteiger charge is 2.32. The Labute approximate surface area is 215 Å². The summed E-state index contributed by atoms with van der Waals surface area (Å²) in [5.74, 6) is -0.0527. The first-order valence-corrected chi connectivity index (χ1v) is 12.1. The molecule has 0 radical (unpaired) electrons. The summed E-state index contributed by atoms with van der Waals surface area (Å²) in [4.78, 5) is 8.32. The second-order valence-electron chi connectivity index (χ2n) is 7.26. The van der Waals surface area contributed by atoms with Gasteiger partial charge in [-0.15, -0.1) is 0 Å². The highest BCUT2D eigenvalue weighted by Crippen LogP contribution is 2.37. The van der Waals surface area contributed by atoms with Crippen LogP contribution in [0.5, 0.6) is 5.75 Å². The maximum Gasteiger partial charge on any atom is 0.417 e. The molecule has 0 amide bonds. The van der Waals surface area contributed by atoms with Crippen molar-refractivity contribution in [3.05, 3.63) is 51.2 Å². The molecule has 1 atom stereocenters. The fourth-order valence-corrected chi connectivity index (χ4v) is 4.19. The fourth-order valence-electron chi connectivity index (χ4n) is 3.00. The van der Waals surface area contributed by atoms with Crippen LogP contribution in [-0.2, 0) is 20.8 Å². The number of alkyl halides is 3. The lowest BCUT2D eigenvalue weighted by Crippen LogP contribution is -2.21. The number of halogens is 6. The highest BCUT2D eigenvalue weighted by molar-refractivity contribution is 7.80. The number of imidazole rings is 1. The van der Waals surface area contributed by atoms with Gasteiger partial charge in [0, 0.05) is 24.0 Å². The molecule has 0 saturated heterocycles. The summed E-state index contributed by atoms with van der Waals surface area (Å²) in [6.45, 7) is 1.06. The predicted octanol–water partition coefficient (Wildman–Crippen LogP) is 5.62. The molecule has 1 unspecified atom stereocenters. The van der Waals surface area contributed by atoms with Crippen LogP contribution in [0.25, 0.3) is 28.6 Å². The maximum atomic E-state index is 13.1. The molecule has 4 aromatic rings. The van der Waals surface area contributed by atoms with E-state index in [0.29, 0.717) is 0 Å². The minimum absolute atomic E-state index is 0.00865. The predicted molar refractivity (Wildman–Crippen MR) is 122 cm³/mol. The van der Waals surface area contributed by atoms with Crippen LogP contribution in [0.15, 0.2) is 35.1 Å². The van der Waals surface area contributed by atoms with Gasteiger partial charge in [-0.25, -0.2) is 9.17 Å². The first kappa shape index (κ1) is 26.4. The molecule has 0 saturated carbocycles. The van der Waals surface area contributed by atoms with Crippen LogP contribution in [0.1, 0.15) is 12.5 Å². The van der Waals surface area contributed by atoms with Crippen LogP contribution >= 0.6 is 34.8 Å². The van der Waals surface area contributed by atoms with Crippen LogP contribution in [0, 0.1) is 0 Å². The quantitative estimate of drug-likeness (QED) is 0.274. The minimum atomic E-state index is -4.66. The lowest BCUT2D eigenvalue weighted by molar-refractivity contribution is -0.137. The summed E-state index contributed by atoms with van der Waals surface area (Å²) >= 11 is 18.5. The third-order valence-corrected chi connectivity index (χ3v) is 5.96. The van der Waals surface area contributed by atoms with Crippen molar-refractivity contribution in [3.8, 4) is 28.7 Å².